The van der Waals surface area contributed by atoms with Gasteiger partial charge in [0.1, 0.15) is 0 Å². The van der Waals surface area contributed by atoms with E-state index < -0.39 is 0 Å². The number of hydrogen-bond donors (Lipinski definition) is 0. The van der Waals surface area contributed by atoms with Gasteiger partial charge in [0, 0.05) is 12.8 Å². The van der Waals surface area contributed by atoms with E-state index >= 15 is 0 Å². The van der Waals surface area contributed by atoms with Gasteiger partial charge >= 0.3 is 5.97 Å². The Hall–Kier alpha value is -1.39. The number of carbonyl (C=O) groups excluding carboxylic acids is 1. The second-order valence-electron chi connectivity index (χ2n) is 3.46. The number of carbonyl (C=O) groups is 1. The Bertz CT molecular complexity index is 331. The Labute approximate surface area is 81.4 Å². The lowest BCUT2D eigenvalue weighted by atomic mass is 9.85. The van der Waals surface area contributed by atoms with Crippen molar-refractivity contribution in [3.63, 3.8) is 0 Å². The second-order valence-corrected chi connectivity index (χ2v) is 3.46. The molecule has 0 amide bonds. The van der Waals surface area contributed by atoms with Crippen molar-refractivity contribution in [1.82, 2.24) is 10.1 Å². The molecule has 5 heteroatoms. The van der Waals surface area contributed by atoms with Gasteiger partial charge in [-0.15, -0.1) is 0 Å². The molecule has 1 heterocycles. The molecule has 1 aromatic rings. The molecule has 1 fully saturated rings. The minimum Gasteiger partial charge on any atom is -0.457 e. The molecule has 2 rings (SSSR count). The standard InChI is InChI=1S/C9H12N2O3/c1-6(12)13-5-8-10-9(14-11-8)7-3-2-4-7/h7H,2-5H2,1H3. The normalized spacial score (nSPS) is 16.4. The molecule has 1 aliphatic carbocycles. The average molecular weight is 196 g/mol. The molecule has 0 atom stereocenters. The quantitative estimate of drug-likeness (QED) is 0.683. The molecule has 0 bridgehead atoms. The highest BCUT2D eigenvalue weighted by Gasteiger charge is 2.25. The van der Waals surface area contributed by atoms with Gasteiger partial charge in [0.15, 0.2) is 6.61 Å². The second kappa shape index (κ2) is 3.77. The summed E-state index contributed by atoms with van der Waals surface area (Å²) in [6, 6.07) is 0. The fraction of sp³-hybridized carbons (Fsp3) is 0.667. The molecule has 0 saturated heterocycles. The van der Waals surface area contributed by atoms with Crippen molar-refractivity contribution in [1.29, 1.82) is 0 Å². The number of esters is 1. The highest BCUT2D eigenvalue weighted by molar-refractivity contribution is 5.65. The SMILES string of the molecule is CC(=O)OCc1noc(C2CCC2)n1. The third-order valence-corrected chi connectivity index (χ3v) is 2.34. The van der Waals surface area contributed by atoms with Crippen LogP contribution in [0, 0.1) is 0 Å². The average Bonchev–Trinajstić information content (AvgIpc) is 2.46. The molecule has 14 heavy (non-hydrogen) atoms. The smallest absolute Gasteiger partial charge is 0.303 e. The van der Waals surface area contributed by atoms with Gasteiger partial charge in [-0.2, -0.15) is 4.98 Å². The van der Waals surface area contributed by atoms with Gasteiger partial charge < -0.3 is 9.26 Å². The summed E-state index contributed by atoms with van der Waals surface area (Å²) >= 11 is 0. The van der Waals surface area contributed by atoms with Crippen molar-refractivity contribution in [3.05, 3.63) is 11.7 Å². The van der Waals surface area contributed by atoms with E-state index in [1.165, 1.54) is 13.3 Å². The highest BCUT2D eigenvalue weighted by atomic mass is 16.5. The zero-order valence-corrected chi connectivity index (χ0v) is 8.02. The van der Waals surface area contributed by atoms with Gasteiger partial charge in [0.05, 0.1) is 0 Å². The molecule has 1 saturated carbocycles. The first-order valence-electron chi connectivity index (χ1n) is 4.71. The predicted octanol–water partition coefficient (Wildman–Crippen LogP) is 1.40. The first-order valence-corrected chi connectivity index (χ1v) is 4.71. The van der Waals surface area contributed by atoms with E-state index in [0.29, 0.717) is 17.6 Å². The molecule has 0 radical (unpaired) electrons. The highest BCUT2D eigenvalue weighted by Crippen LogP contribution is 2.35. The van der Waals surface area contributed by atoms with Crippen LogP contribution in [-0.2, 0) is 16.1 Å². The van der Waals surface area contributed by atoms with E-state index in [1.54, 1.807) is 0 Å². The Morgan fingerprint density at radius 2 is 2.43 bits per heavy atom. The van der Waals surface area contributed by atoms with E-state index in [2.05, 4.69) is 10.1 Å². The lowest BCUT2D eigenvalue weighted by molar-refractivity contribution is -0.142. The van der Waals surface area contributed by atoms with Crippen LogP contribution in [0.2, 0.25) is 0 Å². The van der Waals surface area contributed by atoms with Crippen molar-refractivity contribution >= 4 is 5.97 Å². The molecule has 5 nitrogen and oxygen atoms in total. The van der Waals surface area contributed by atoms with Gasteiger partial charge in [-0.1, -0.05) is 11.6 Å². The van der Waals surface area contributed by atoms with Crippen LogP contribution in [-0.4, -0.2) is 16.1 Å². The van der Waals surface area contributed by atoms with Crippen LogP contribution >= 0.6 is 0 Å². The number of ether oxygens (including phenoxy) is 1. The summed E-state index contributed by atoms with van der Waals surface area (Å²) in [6.07, 6.45) is 3.47. The number of hydrogen-bond acceptors (Lipinski definition) is 5. The van der Waals surface area contributed by atoms with E-state index in [0.717, 1.165) is 12.8 Å². The summed E-state index contributed by atoms with van der Waals surface area (Å²) in [5.74, 6) is 1.22. The topological polar surface area (TPSA) is 65.2 Å². The van der Waals surface area contributed by atoms with Gasteiger partial charge in [-0.3, -0.25) is 4.79 Å². The third-order valence-electron chi connectivity index (χ3n) is 2.34. The minimum atomic E-state index is -0.333. The van der Waals surface area contributed by atoms with Gasteiger partial charge in [0.25, 0.3) is 0 Å². The van der Waals surface area contributed by atoms with Gasteiger partial charge in [-0.25, -0.2) is 0 Å². The van der Waals surface area contributed by atoms with E-state index in [4.69, 9.17) is 9.26 Å². The van der Waals surface area contributed by atoms with Crippen LogP contribution < -0.4 is 0 Å². The number of rotatable bonds is 3. The van der Waals surface area contributed by atoms with Crippen LogP contribution in [0.15, 0.2) is 4.52 Å². The Balaban J connectivity index is 1.92. The molecule has 0 aromatic carbocycles. The molecule has 1 aromatic heterocycles. The van der Waals surface area contributed by atoms with Crippen molar-refractivity contribution in [2.24, 2.45) is 0 Å². The van der Waals surface area contributed by atoms with Crippen LogP contribution in [0.1, 0.15) is 43.8 Å². The zero-order valence-electron chi connectivity index (χ0n) is 8.02. The minimum absolute atomic E-state index is 0.103. The molecule has 0 aliphatic heterocycles. The fourth-order valence-corrected chi connectivity index (χ4v) is 1.31. The monoisotopic (exact) mass is 196 g/mol. The molecule has 76 valence electrons. The number of nitrogens with zero attached hydrogens (tertiary/aromatic N) is 2. The largest absolute Gasteiger partial charge is 0.457 e. The summed E-state index contributed by atoms with van der Waals surface area (Å²) < 4.78 is 9.80. The molecule has 0 spiro atoms. The molecule has 1 aliphatic rings. The lowest BCUT2D eigenvalue weighted by Crippen LogP contribution is -2.09. The van der Waals surface area contributed by atoms with Gasteiger partial charge in [-0.05, 0) is 12.8 Å². The Morgan fingerprint density at radius 3 is 3.00 bits per heavy atom. The van der Waals surface area contributed by atoms with Crippen molar-refractivity contribution in [2.45, 2.75) is 38.7 Å². The summed E-state index contributed by atoms with van der Waals surface area (Å²) in [7, 11) is 0. The Kier molecular flexibility index (Phi) is 2.47. The van der Waals surface area contributed by atoms with E-state index in [-0.39, 0.29) is 12.6 Å². The third kappa shape index (κ3) is 1.92. The summed E-state index contributed by atoms with van der Waals surface area (Å²) in [5, 5.41) is 3.73. The first-order chi connectivity index (χ1) is 6.75. The molecular weight excluding hydrogens is 184 g/mol. The summed E-state index contributed by atoms with van der Waals surface area (Å²) in [4.78, 5) is 14.7. The summed E-state index contributed by atoms with van der Waals surface area (Å²) in [5.41, 5.74) is 0. The predicted molar refractivity (Wildman–Crippen MR) is 46.4 cm³/mol. The van der Waals surface area contributed by atoms with Crippen LogP contribution in [0.4, 0.5) is 0 Å². The number of aromatic nitrogens is 2. The van der Waals surface area contributed by atoms with E-state index in [9.17, 15) is 4.79 Å². The molecular formula is C9H12N2O3. The molecule has 0 N–H and O–H groups in total. The lowest BCUT2D eigenvalue weighted by Gasteiger charge is -2.20. The van der Waals surface area contributed by atoms with Crippen molar-refractivity contribution < 1.29 is 14.1 Å². The maximum atomic E-state index is 10.5. The Morgan fingerprint density at radius 1 is 1.64 bits per heavy atom. The van der Waals surface area contributed by atoms with Gasteiger partial charge in [0.2, 0.25) is 11.7 Å². The van der Waals surface area contributed by atoms with Crippen LogP contribution in [0.5, 0.6) is 0 Å². The summed E-state index contributed by atoms with van der Waals surface area (Å²) in [6.45, 7) is 1.46. The maximum Gasteiger partial charge on any atom is 0.303 e. The van der Waals surface area contributed by atoms with Crippen LogP contribution in [0.25, 0.3) is 0 Å². The van der Waals surface area contributed by atoms with Crippen LogP contribution in [0.3, 0.4) is 0 Å². The maximum absolute atomic E-state index is 10.5. The zero-order chi connectivity index (χ0) is 9.97. The first kappa shape index (κ1) is 9.18. The van der Waals surface area contributed by atoms with E-state index in [1.807, 2.05) is 0 Å². The fourth-order valence-electron chi connectivity index (χ4n) is 1.31. The van der Waals surface area contributed by atoms with Crippen molar-refractivity contribution in [3.8, 4) is 0 Å². The van der Waals surface area contributed by atoms with Crippen molar-refractivity contribution in [2.75, 3.05) is 0 Å². The molecule has 0 unspecified atom stereocenters.